The Morgan fingerprint density at radius 1 is 1.33 bits per heavy atom. The zero-order valence-corrected chi connectivity index (χ0v) is 12.4. The van der Waals surface area contributed by atoms with Crippen LogP contribution in [-0.2, 0) is 19.6 Å². The lowest BCUT2D eigenvalue weighted by atomic mass is 10.3. The molecule has 0 unspecified atom stereocenters. The lowest BCUT2D eigenvalue weighted by molar-refractivity contribution is -0.146. The monoisotopic (exact) mass is 342 g/mol. The zero-order chi connectivity index (χ0) is 16.1. The predicted molar refractivity (Wildman–Crippen MR) is 71.2 cm³/mol. The van der Waals surface area contributed by atoms with Crippen molar-refractivity contribution in [2.75, 3.05) is 19.5 Å². The van der Waals surface area contributed by atoms with Crippen LogP contribution in [0.25, 0.3) is 0 Å². The topological polar surface area (TPSA) is 89.9 Å². The van der Waals surface area contributed by atoms with E-state index in [1.807, 2.05) is 0 Å². The Kier molecular flexibility index (Phi) is 5.93. The van der Waals surface area contributed by atoms with Gasteiger partial charge in [-0.2, -0.15) is 17.2 Å². The SMILES string of the molecule is COc1ccc(SCC(=O)OCC(F)(F)S(=O)(=O)O)cc1. The highest BCUT2D eigenvalue weighted by molar-refractivity contribution is 8.00. The maximum absolute atomic E-state index is 12.8. The molecule has 0 saturated carbocycles. The molecule has 0 atom stereocenters. The largest absolute Gasteiger partial charge is 0.497 e. The van der Waals surface area contributed by atoms with Crippen molar-refractivity contribution in [3.8, 4) is 5.75 Å². The second-order valence-electron chi connectivity index (χ2n) is 3.74. The van der Waals surface area contributed by atoms with Crippen molar-refractivity contribution in [3.05, 3.63) is 24.3 Å². The van der Waals surface area contributed by atoms with E-state index in [1.165, 1.54) is 7.11 Å². The van der Waals surface area contributed by atoms with Gasteiger partial charge in [0.1, 0.15) is 5.75 Å². The van der Waals surface area contributed by atoms with Crippen LogP contribution in [0.15, 0.2) is 29.2 Å². The van der Waals surface area contributed by atoms with Gasteiger partial charge >= 0.3 is 21.3 Å². The van der Waals surface area contributed by atoms with E-state index in [2.05, 4.69) is 4.74 Å². The maximum Gasteiger partial charge on any atom is 0.402 e. The minimum absolute atomic E-state index is 0.284. The van der Waals surface area contributed by atoms with Gasteiger partial charge in [-0.15, -0.1) is 11.8 Å². The molecule has 0 bridgehead atoms. The standard InChI is InChI=1S/C11H12F2O6S2/c1-18-8-2-4-9(5-3-8)20-6-10(14)19-7-11(12,13)21(15,16)17/h2-5H,6-7H2,1H3,(H,15,16,17). The number of alkyl halides is 2. The first kappa shape index (κ1) is 17.7. The third-order valence-corrected chi connectivity index (χ3v) is 4.05. The van der Waals surface area contributed by atoms with E-state index in [0.717, 1.165) is 11.8 Å². The Morgan fingerprint density at radius 2 is 1.90 bits per heavy atom. The minimum atomic E-state index is -5.60. The van der Waals surface area contributed by atoms with Crippen LogP contribution in [0.4, 0.5) is 8.78 Å². The van der Waals surface area contributed by atoms with Gasteiger partial charge in [0.05, 0.1) is 12.9 Å². The van der Waals surface area contributed by atoms with Gasteiger partial charge in [0, 0.05) is 4.90 Å². The Labute approximate surface area is 124 Å². The highest BCUT2D eigenvalue weighted by Gasteiger charge is 2.45. The first-order valence-electron chi connectivity index (χ1n) is 5.43. The molecule has 0 aliphatic rings. The van der Waals surface area contributed by atoms with Crippen molar-refractivity contribution in [1.29, 1.82) is 0 Å². The molecule has 0 spiro atoms. The number of carbonyl (C=O) groups is 1. The van der Waals surface area contributed by atoms with E-state index >= 15 is 0 Å². The molecule has 0 heterocycles. The third kappa shape index (κ3) is 5.48. The summed E-state index contributed by atoms with van der Waals surface area (Å²) in [6.45, 7) is -1.73. The summed E-state index contributed by atoms with van der Waals surface area (Å²) in [5.41, 5.74) is 0. The minimum Gasteiger partial charge on any atom is -0.497 e. The average molecular weight is 342 g/mol. The number of esters is 1. The highest BCUT2D eigenvalue weighted by Crippen LogP contribution is 2.23. The van der Waals surface area contributed by atoms with Crippen LogP contribution in [0.3, 0.4) is 0 Å². The second kappa shape index (κ2) is 7.05. The van der Waals surface area contributed by atoms with Crippen molar-refractivity contribution in [2.24, 2.45) is 0 Å². The summed E-state index contributed by atoms with van der Waals surface area (Å²) in [7, 11) is -4.11. The number of ether oxygens (including phenoxy) is 2. The third-order valence-electron chi connectivity index (χ3n) is 2.19. The van der Waals surface area contributed by atoms with Gasteiger partial charge in [0.15, 0.2) is 6.61 Å². The summed E-state index contributed by atoms with van der Waals surface area (Å²) in [5, 5.41) is -4.52. The summed E-state index contributed by atoms with van der Waals surface area (Å²) in [4.78, 5) is 11.9. The fourth-order valence-corrected chi connectivity index (χ4v) is 2.00. The van der Waals surface area contributed by atoms with E-state index in [1.54, 1.807) is 24.3 Å². The molecule has 0 fully saturated rings. The van der Waals surface area contributed by atoms with Crippen LogP contribution in [0.2, 0.25) is 0 Å². The summed E-state index contributed by atoms with van der Waals surface area (Å²) in [6.07, 6.45) is 0. The lowest BCUT2D eigenvalue weighted by Gasteiger charge is -2.12. The van der Waals surface area contributed by atoms with Crippen LogP contribution >= 0.6 is 11.8 Å². The zero-order valence-electron chi connectivity index (χ0n) is 10.8. The van der Waals surface area contributed by atoms with Gasteiger partial charge in [0.2, 0.25) is 0 Å². The van der Waals surface area contributed by atoms with E-state index in [4.69, 9.17) is 9.29 Å². The predicted octanol–water partition coefficient (Wildman–Crippen LogP) is 1.81. The number of carbonyl (C=O) groups excluding carboxylic acids is 1. The summed E-state index contributed by atoms with van der Waals surface area (Å²) >= 11 is 1.02. The van der Waals surface area contributed by atoms with E-state index in [9.17, 15) is 22.0 Å². The van der Waals surface area contributed by atoms with Gasteiger partial charge < -0.3 is 9.47 Å². The normalized spacial score (nSPS) is 12.0. The number of thioether (sulfide) groups is 1. The first-order chi connectivity index (χ1) is 9.65. The summed E-state index contributed by atoms with van der Waals surface area (Å²) < 4.78 is 63.5. The fraction of sp³-hybridized carbons (Fsp3) is 0.364. The van der Waals surface area contributed by atoms with E-state index in [0.29, 0.717) is 10.6 Å². The van der Waals surface area contributed by atoms with Crippen molar-refractivity contribution in [1.82, 2.24) is 0 Å². The molecular weight excluding hydrogens is 330 g/mol. The highest BCUT2D eigenvalue weighted by atomic mass is 32.2. The Morgan fingerprint density at radius 3 is 2.38 bits per heavy atom. The first-order valence-corrected chi connectivity index (χ1v) is 7.85. The molecule has 1 aromatic rings. The Hall–Kier alpha value is -1.39. The number of methoxy groups -OCH3 is 1. The van der Waals surface area contributed by atoms with Crippen molar-refractivity contribution >= 4 is 27.8 Å². The fourth-order valence-electron chi connectivity index (χ4n) is 1.09. The second-order valence-corrected chi connectivity index (χ2v) is 6.33. The molecule has 6 nitrogen and oxygen atoms in total. The van der Waals surface area contributed by atoms with Crippen molar-refractivity contribution in [3.63, 3.8) is 0 Å². The molecule has 1 aromatic carbocycles. The van der Waals surface area contributed by atoms with Crippen LogP contribution in [0.5, 0.6) is 5.75 Å². The van der Waals surface area contributed by atoms with Gasteiger partial charge in [-0.25, -0.2) is 0 Å². The maximum atomic E-state index is 12.8. The van der Waals surface area contributed by atoms with Crippen LogP contribution < -0.4 is 4.74 Å². The molecule has 0 amide bonds. The molecular formula is C11H12F2O6S2. The Balaban J connectivity index is 2.44. The van der Waals surface area contributed by atoms with Gasteiger partial charge in [-0.1, -0.05) is 0 Å². The van der Waals surface area contributed by atoms with Crippen molar-refractivity contribution in [2.45, 2.75) is 10.2 Å². The molecule has 0 saturated heterocycles. The number of benzene rings is 1. The lowest BCUT2D eigenvalue weighted by Crippen LogP contribution is -2.34. The summed E-state index contributed by atoms with van der Waals surface area (Å²) in [6, 6.07) is 6.62. The van der Waals surface area contributed by atoms with Crippen LogP contribution in [-0.4, -0.2) is 43.7 Å². The number of halogens is 2. The van der Waals surface area contributed by atoms with Gasteiger partial charge in [-0.05, 0) is 24.3 Å². The molecule has 0 aliphatic carbocycles. The smallest absolute Gasteiger partial charge is 0.402 e. The molecule has 1 rings (SSSR count). The average Bonchev–Trinajstić information content (AvgIpc) is 2.42. The molecule has 118 valence electrons. The van der Waals surface area contributed by atoms with Gasteiger partial charge in [-0.3, -0.25) is 9.35 Å². The quantitative estimate of drug-likeness (QED) is 0.459. The van der Waals surface area contributed by atoms with E-state index in [-0.39, 0.29) is 5.75 Å². The molecule has 0 aliphatic heterocycles. The molecule has 10 heteroatoms. The Bertz CT molecular complexity index is 585. The van der Waals surface area contributed by atoms with Crippen LogP contribution in [0.1, 0.15) is 0 Å². The molecule has 0 radical (unpaired) electrons. The van der Waals surface area contributed by atoms with Crippen molar-refractivity contribution < 1.29 is 36.0 Å². The summed E-state index contributed by atoms with van der Waals surface area (Å²) in [5.74, 6) is -0.692. The molecule has 1 N–H and O–H groups in total. The van der Waals surface area contributed by atoms with E-state index < -0.39 is 27.9 Å². The number of hydrogen-bond donors (Lipinski definition) is 1. The number of rotatable bonds is 7. The number of hydrogen-bond acceptors (Lipinski definition) is 6. The van der Waals surface area contributed by atoms with Crippen LogP contribution in [0, 0.1) is 0 Å². The molecule has 21 heavy (non-hydrogen) atoms. The van der Waals surface area contributed by atoms with Gasteiger partial charge in [0.25, 0.3) is 0 Å². The molecule has 0 aromatic heterocycles.